The van der Waals surface area contributed by atoms with E-state index in [-0.39, 0.29) is 66.6 Å². The fourth-order valence-corrected chi connectivity index (χ4v) is 2.55. The van der Waals surface area contributed by atoms with E-state index in [1.54, 1.807) is 0 Å². The molecular formula is C9H11N5NaO6P. The van der Waals surface area contributed by atoms with Gasteiger partial charge in [0.2, 0.25) is 5.95 Å². The van der Waals surface area contributed by atoms with Crippen LogP contribution in [0, 0.1) is 0 Å². The van der Waals surface area contributed by atoms with Crippen molar-refractivity contribution in [2.24, 2.45) is 0 Å². The molecule has 1 aliphatic rings. The SMILES string of the molecule is Nc1nc2c(ncn2COC2COP(=O)([O-])OC2)c(=O)[nH]1.[Na+]. The molecule has 2 aromatic rings. The first-order valence-corrected chi connectivity index (χ1v) is 7.33. The Labute approximate surface area is 145 Å². The van der Waals surface area contributed by atoms with Gasteiger partial charge in [0.05, 0.1) is 19.5 Å². The van der Waals surface area contributed by atoms with Crippen LogP contribution in [0.15, 0.2) is 11.1 Å². The first-order chi connectivity index (χ1) is 9.94. The molecule has 0 aromatic carbocycles. The number of hydrogen-bond donors (Lipinski definition) is 2. The van der Waals surface area contributed by atoms with Crippen LogP contribution in [0.3, 0.4) is 0 Å². The monoisotopic (exact) mass is 339 g/mol. The Hall–Kier alpha value is -0.780. The molecule has 0 saturated carbocycles. The van der Waals surface area contributed by atoms with E-state index in [4.69, 9.17) is 10.5 Å². The Bertz CT molecular complexity index is 765. The van der Waals surface area contributed by atoms with Crippen LogP contribution in [0.2, 0.25) is 0 Å². The molecule has 0 bridgehead atoms. The summed E-state index contributed by atoms with van der Waals surface area (Å²) in [5, 5.41) is 0. The van der Waals surface area contributed by atoms with Crippen molar-refractivity contribution >= 4 is 24.9 Å². The van der Waals surface area contributed by atoms with E-state index in [1.165, 1.54) is 10.9 Å². The van der Waals surface area contributed by atoms with Gasteiger partial charge in [0.25, 0.3) is 13.4 Å². The molecule has 1 saturated heterocycles. The molecule has 2 aromatic heterocycles. The van der Waals surface area contributed by atoms with Crippen molar-refractivity contribution in [2.75, 3.05) is 18.9 Å². The molecular weight excluding hydrogens is 328 g/mol. The van der Waals surface area contributed by atoms with Crippen molar-refractivity contribution in [1.29, 1.82) is 0 Å². The van der Waals surface area contributed by atoms with Gasteiger partial charge in [-0.25, -0.2) is 4.98 Å². The summed E-state index contributed by atoms with van der Waals surface area (Å²) >= 11 is 0. The number of aromatic nitrogens is 4. The zero-order valence-electron chi connectivity index (χ0n) is 11.6. The van der Waals surface area contributed by atoms with Crippen LogP contribution in [0.1, 0.15) is 0 Å². The van der Waals surface area contributed by atoms with Crippen molar-refractivity contribution in [2.45, 2.75) is 12.8 Å². The number of fused-ring (bicyclic) bond motifs is 1. The average Bonchev–Trinajstić information content (AvgIpc) is 2.81. The molecule has 3 rings (SSSR count). The van der Waals surface area contributed by atoms with Crippen molar-refractivity contribution < 1.29 is 52.8 Å². The van der Waals surface area contributed by atoms with Gasteiger partial charge in [-0.2, -0.15) is 4.98 Å². The number of H-pyrrole nitrogens is 1. The molecule has 0 amide bonds. The van der Waals surface area contributed by atoms with E-state index in [9.17, 15) is 14.3 Å². The van der Waals surface area contributed by atoms with Gasteiger partial charge in [-0.05, 0) is 0 Å². The smallest absolute Gasteiger partial charge is 0.756 e. The second kappa shape index (κ2) is 6.77. The number of ether oxygens (including phenoxy) is 1. The van der Waals surface area contributed by atoms with Gasteiger partial charge in [0, 0.05) is 0 Å². The Morgan fingerprint density at radius 2 is 2.23 bits per heavy atom. The summed E-state index contributed by atoms with van der Waals surface area (Å²) in [6.07, 6.45) is 0.813. The molecule has 1 aliphatic heterocycles. The number of nitrogens with zero attached hydrogens (tertiary/aromatic N) is 3. The number of nitrogens with two attached hydrogens (primary N) is 1. The molecule has 114 valence electrons. The molecule has 0 unspecified atom stereocenters. The van der Waals surface area contributed by atoms with Crippen LogP contribution < -0.4 is 45.7 Å². The van der Waals surface area contributed by atoms with E-state index >= 15 is 0 Å². The molecule has 0 aliphatic carbocycles. The second-order valence-corrected chi connectivity index (χ2v) is 5.71. The molecule has 13 heteroatoms. The molecule has 0 spiro atoms. The maximum Gasteiger partial charge on any atom is 1.00 e. The van der Waals surface area contributed by atoms with E-state index in [1.807, 2.05) is 0 Å². The topological polar surface area (TPSA) is 157 Å². The summed E-state index contributed by atoms with van der Waals surface area (Å²) < 4.78 is 26.8. The van der Waals surface area contributed by atoms with E-state index in [0.717, 1.165) is 0 Å². The molecule has 11 nitrogen and oxygen atoms in total. The van der Waals surface area contributed by atoms with Crippen LogP contribution in [0.4, 0.5) is 5.95 Å². The quantitative estimate of drug-likeness (QED) is 0.416. The molecule has 3 N–H and O–H groups in total. The largest absolute Gasteiger partial charge is 1.00 e. The summed E-state index contributed by atoms with van der Waals surface area (Å²) in [5.74, 6) is -0.0362. The normalized spacial score (nSPS) is 25.0. The standard InChI is InChI=1S/C9H12N5O6P.Na/c10-9-12-7-6(8(15)13-9)11-3-14(7)4-18-5-1-19-21(16,17)20-2-5;/h3,5H,1-2,4H2,(H,16,17)(H3,10,12,13,15);/q;+1/p-1. The number of phosphoric ester groups is 1. The number of nitrogens with one attached hydrogen (secondary N) is 1. The summed E-state index contributed by atoms with van der Waals surface area (Å²) in [4.78, 5) is 32.7. The number of anilines is 1. The molecule has 0 atom stereocenters. The third kappa shape index (κ3) is 3.76. The Morgan fingerprint density at radius 3 is 2.91 bits per heavy atom. The molecule has 22 heavy (non-hydrogen) atoms. The van der Waals surface area contributed by atoms with Gasteiger partial charge in [-0.1, -0.05) is 0 Å². The van der Waals surface area contributed by atoms with Gasteiger partial charge in [0.1, 0.15) is 12.8 Å². The van der Waals surface area contributed by atoms with Gasteiger partial charge >= 0.3 is 29.6 Å². The fourth-order valence-electron chi connectivity index (χ4n) is 1.78. The summed E-state index contributed by atoms with van der Waals surface area (Å²) in [6.45, 7) is -0.278. The molecule has 3 heterocycles. The summed E-state index contributed by atoms with van der Waals surface area (Å²) in [7, 11) is -4.18. The first-order valence-electron chi connectivity index (χ1n) is 5.87. The minimum Gasteiger partial charge on any atom is -0.756 e. The zero-order chi connectivity index (χ0) is 15.0. The summed E-state index contributed by atoms with van der Waals surface area (Å²) in [6, 6.07) is 0. The molecule has 1 fully saturated rings. The third-order valence-electron chi connectivity index (χ3n) is 2.78. The minimum absolute atomic E-state index is 0. The maximum atomic E-state index is 11.6. The van der Waals surface area contributed by atoms with Crippen LogP contribution >= 0.6 is 7.82 Å². The van der Waals surface area contributed by atoms with E-state index < -0.39 is 19.5 Å². The number of rotatable bonds is 3. The van der Waals surface area contributed by atoms with Crippen LogP contribution in [-0.4, -0.2) is 38.8 Å². The van der Waals surface area contributed by atoms with Gasteiger partial charge < -0.3 is 24.4 Å². The molecule has 0 radical (unpaired) electrons. The number of nitrogen functional groups attached to an aromatic ring is 1. The predicted octanol–water partition coefficient (Wildman–Crippen LogP) is -4.44. The van der Waals surface area contributed by atoms with Crippen LogP contribution in [-0.2, 0) is 25.1 Å². The number of hydrogen-bond acceptors (Lipinski definition) is 9. The third-order valence-corrected chi connectivity index (χ3v) is 3.71. The van der Waals surface area contributed by atoms with Crippen molar-refractivity contribution in [3.8, 4) is 0 Å². The van der Waals surface area contributed by atoms with E-state index in [2.05, 4.69) is 24.0 Å². The fraction of sp³-hybridized carbons (Fsp3) is 0.444. The Kier molecular flexibility index (Phi) is 5.41. The zero-order valence-corrected chi connectivity index (χ0v) is 14.5. The average molecular weight is 339 g/mol. The van der Waals surface area contributed by atoms with E-state index in [0.29, 0.717) is 0 Å². The Morgan fingerprint density at radius 1 is 1.55 bits per heavy atom. The maximum absolute atomic E-state index is 11.6. The van der Waals surface area contributed by atoms with Crippen molar-refractivity contribution in [3.63, 3.8) is 0 Å². The first kappa shape index (κ1) is 17.6. The second-order valence-electron chi connectivity index (χ2n) is 4.29. The number of aromatic amines is 1. The van der Waals surface area contributed by atoms with Crippen LogP contribution in [0.5, 0.6) is 0 Å². The van der Waals surface area contributed by atoms with Crippen molar-refractivity contribution in [3.05, 3.63) is 16.7 Å². The predicted molar refractivity (Wildman–Crippen MR) is 66.9 cm³/mol. The number of imidazole rings is 1. The number of phosphoric acid groups is 1. The van der Waals surface area contributed by atoms with Gasteiger partial charge in [0.15, 0.2) is 11.2 Å². The van der Waals surface area contributed by atoms with Crippen LogP contribution in [0.25, 0.3) is 11.2 Å². The van der Waals surface area contributed by atoms with Crippen molar-refractivity contribution in [1.82, 2.24) is 19.5 Å². The van der Waals surface area contributed by atoms with Gasteiger partial charge in [-0.15, -0.1) is 0 Å². The Balaban J connectivity index is 0.00000176. The van der Waals surface area contributed by atoms with Gasteiger partial charge in [-0.3, -0.25) is 18.9 Å². The summed E-state index contributed by atoms with van der Waals surface area (Å²) in [5.41, 5.74) is 5.42. The minimum atomic E-state index is -4.18.